The van der Waals surface area contributed by atoms with Crippen LogP contribution in [0.5, 0.6) is 0 Å². The first-order valence-electron chi connectivity index (χ1n) is 5.14. The zero-order valence-electron chi connectivity index (χ0n) is 9.88. The fourth-order valence-corrected chi connectivity index (χ4v) is 1.11. The van der Waals surface area contributed by atoms with Crippen LogP contribution in [0.4, 0.5) is 0 Å². The second kappa shape index (κ2) is 7.23. The average Bonchev–Trinajstić information content (AvgIpc) is 2.10. The van der Waals surface area contributed by atoms with Gasteiger partial charge in [-0.25, -0.2) is 0 Å². The topological polar surface area (TPSA) is 38.3 Å². The lowest BCUT2D eigenvalue weighted by molar-refractivity contribution is -0.132. The van der Waals surface area contributed by atoms with Crippen LogP contribution in [0.3, 0.4) is 0 Å². The van der Waals surface area contributed by atoms with E-state index >= 15 is 0 Å². The molecule has 0 radical (unpaired) electrons. The molecular weight excluding hydrogens is 190 g/mol. The Balaban J connectivity index is 4.25. The van der Waals surface area contributed by atoms with E-state index in [0.29, 0.717) is 13.0 Å². The predicted octanol–water partition coefficient (Wildman–Crippen LogP) is 2.05. The summed E-state index contributed by atoms with van der Waals surface area (Å²) >= 11 is 0. The van der Waals surface area contributed by atoms with E-state index in [2.05, 4.69) is 18.5 Å². The van der Waals surface area contributed by atoms with Crippen molar-refractivity contribution in [1.29, 1.82) is 0 Å². The molecule has 3 heteroatoms. The summed E-state index contributed by atoms with van der Waals surface area (Å²) in [7, 11) is 0. The van der Waals surface area contributed by atoms with E-state index in [1.807, 2.05) is 20.8 Å². The number of carbonyl (C=O) groups excluding carboxylic acids is 1. The highest BCUT2D eigenvalue weighted by molar-refractivity contribution is 5.81. The first kappa shape index (κ1) is 13.9. The zero-order chi connectivity index (χ0) is 11.8. The lowest BCUT2D eigenvalue weighted by Gasteiger charge is -2.18. The van der Waals surface area contributed by atoms with Gasteiger partial charge in [-0.3, -0.25) is 4.79 Å². The van der Waals surface area contributed by atoms with Crippen molar-refractivity contribution in [1.82, 2.24) is 5.32 Å². The van der Waals surface area contributed by atoms with Gasteiger partial charge >= 0.3 is 0 Å². The maximum atomic E-state index is 11.7. The predicted molar refractivity (Wildman–Crippen MR) is 62.6 cm³/mol. The van der Waals surface area contributed by atoms with Crippen LogP contribution in [0.1, 0.15) is 27.2 Å². The molecule has 0 heterocycles. The summed E-state index contributed by atoms with van der Waals surface area (Å²) in [5.74, 6) is -0.0881. The molecular formula is C12H21NO2. The molecule has 0 saturated carbocycles. The van der Waals surface area contributed by atoms with Crippen LogP contribution >= 0.6 is 0 Å². The number of hydrogen-bond acceptors (Lipinski definition) is 2. The Morgan fingerprint density at radius 1 is 1.53 bits per heavy atom. The van der Waals surface area contributed by atoms with E-state index in [4.69, 9.17) is 4.74 Å². The summed E-state index contributed by atoms with van der Waals surface area (Å²) in [6, 6.07) is 0.123. The molecule has 1 N–H and O–H groups in total. The Bertz CT molecular complexity index is 234. The number of rotatable bonds is 7. The van der Waals surface area contributed by atoms with Crippen molar-refractivity contribution in [3.05, 3.63) is 24.8 Å². The van der Waals surface area contributed by atoms with Crippen LogP contribution in [0, 0.1) is 0 Å². The molecule has 0 aliphatic rings. The largest absolute Gasteiger partial charge is 0.364 e. The summed E-state index contributed by atoms with van der Waals surface area (Å²) < 4.78 is 5.37. The van der Waals surface area contributed by atoms with E-state index in [-0.39, 0.29) is 11.9 Å². The van der Waals surface area contributed by atoms with Crippen molar-refractivity contribution in [3.63, 3.8) is 0 Å². The molecule has 0 aromatic carbocycles. The molecule has 0 fully saturated rings. The van der Waals surface area contributed by atoms with Gasteiger partial charge in [-0.15, -0.1) is 13.2 Å². The Morgan fingerprint density at radius 2 is 2.13 bits per heavy atom. The molecule has 1 unspecified atom stereocenters. The monoisotopic (exact) mass is 211 g/mol. The van der Waals surface area contributed by atoms with E-state index in [1.165, 1.54) is 0 Å². The Labute approximate surface area is 92.2 Å². The molecule has 3 nitrogen and oxygen atoms in total. The van der Waals surface area contributed by atoms with E-state index in [1.54, 1.807) is 6.08 Å². The fourth-order valence-electron chi connectivity index (χ4n) is 1.11. The van der Waals surface area contributed by atoms with Crippen molar-refractivity contribution in [2.45, 2.75) is 39.3 Å². The summed E-state index contributed by atoms with van der Waals surface area (Å²) in [5, 5.41) is 2.82. The second-order valence-corrected chi connectivity index (χ2v) is 3.94. The number of nitrogens with one attached hydrogen (secondary N) is 1. The number of carbonyl (C=O) groups is 1. The second-order valence-electron chi connectivity index (χ2n) is 3.94. The highest BCUT2D eigenvalue weighted by Crippen LogP contribution is 2.07. The molecule has 86 valence electrons. The Hall–Kier alpha value is -1.09. The number of ether oxygens (including phenoxy) is 1. The van der Waals surface area contributed by atoms with Crippen molar-refractivity contribution < 1.29 is 9.53 Å². The molecule has 1 amide bonds. The SMILES string of the molecule is C=CCOC(CC(=C)C)C(=O)NC(C)C. The van der Waals surface area contributed by atoms with E-state index < -0.39 is 6.10 Å². The molecule has 0 aromatic heterocycles. The maximum absolute atomic E-state index is 11.7. The van der Waals surface area contributed by atoms with Gasteiger partial charge in [0.25, 0.3) is 0 Å². The molecule has 0 aliphatic heterocycles. The van der Waals surface area contributed by atoms with Crippen LogP contribution in [-0.4, -0.2) is 24.7 Å². The van der Waals surface area contributed by atoms with Gasteiger partial charge in [0.15, 0.2) is 0 Å². The highest BCUT2D eigenvalue weighted by Gasteiger charge is 2.19. The van der Waals surface area contributed by atoms with Crippen molar-refractivity contribution in [2.75, 3.05) is 6.61 Å². The quantitative estimate of drug-likeness (QED) is 0.654. The third-order valence-corrected chi connectivity index (χ3v) is 1.67. The number of amides is 1. The fraction of sp³-hybridized carbons (Fsp3) is 0.583. The van der Waals surface area contributed by atoms with Gasteiger partial charge in [-0.05, 0) is 20.8 Å². The molecule has 0 rings (SSSR count). The normalized spacial score (nSPS) is 12.3. The van der Waals surface area contributed by atoms with Crippen LogP contribution in [0.15, 0.2) is 24.8 Å². The molecule has 0 spiro atoms. The first-order valence-corrected chi connectivity index (χ1v) is 5.14. The first-order chi connectivity index (χ1) is 6.97. The van der Waals surface area contributed by atoms with Gasteiger partial charge in [0.1, 0.15) is 6.10 Å². The van der Waals surface area contributed by atoms with Gasteiger partial charge in [-0.1, -0.05) is 11.6 Å². The summed E-state index contributed by atoms with van der Waals surface area (Å²) in [6.07, 6.45) is 1.73. The lowest BCUT2D eigenvalue weighted by atomic mass is 10.1. The summed E-state index contributed by atoms with van der Waals surface area (Å²) in [5.41, 5.74) is 0.933. The average molecular weight is 211 g/mol. The lowest BCUT2D eigenvalue weighted by Crippen LogP contribution is -2.40. The van der Waals surface area contributed by atoms with Crippen LogP contribution in [-0.2, 0) is 9.53 Å². The minimum atomic E-state index is -0.456. The molecule has 1 atom stereocenters. The number of hydrogen-bond donors (Lipinski definition) is 1. The third-order valence-electron chi connectivity index (χ3n) is 1.67. The maximum Gasteiger partial charge on any atom is 0.249 e. The third kappa shape index (κ3) is 6.91. The summed E-state index contributed by atoms with van der Waals surface area (Å²) in [4.78, 5) is 11.7. The van der Waals surface area contributed by atoms with Gasteiger partial charge in [0.2, 0.25) is 5.91 Å². The molecule has 0 aromatic rings. The smallest absolute Gasteiger partial charge is 0.249 e. The van der Waals surface area contributed by atoms with E-state index in [9.17, 15) is 4.79 Å². The van der Waals surface area contributed by atoms with Gasteiger partial charge in [-0.2, -0.15) is 0 Å². The minimum absolute atomic E-state index is 0.0881. The van der Waals surface area contributed by atoms with Crippen molar-refractivity contribution >= 4 is 5.91 Å². The van der Waals surface area contributed by atoms with Gasteiger partial charge in [0.05, 0.1) is 6.61 Å². The minimum Gasteiger partial charge on any atom is -0.364 e. The van der Waals surface area contributed by atoms with Crippen LogP contribution in [0.25, 0.3) is 0 Å². The van der Waals surface area contributed by atoms with Crippen molar-refractivity contribution in [3.8, 4) is 0 Å². The van der Waals surface area contributed by atoms with Gasteiger partial charge < -0.3 is 10.1 Å². The Morgan fingerprint density at radius 3 is 2.53 bits per heavy atom. The zero-order valence-corrected chi connectivity index (χ0v) is 9.88. The van der Waals surface area contributed by atoms with E-state index in [0.717, 1.165) is 5.57 Å². The molecule has 0 saturated heterocycles. The van der Waals surface area contributed by atoms with Crippen LogP contribution in [0.2, 0.25) is 0 Å². The molecule has 15 heavy (non-hydrogen) atoms. The summed E-state index contributed by atoms with van der Waals surface area (Å²) in [6.45, 7) is 13.4. The highest BCUT2D eigenvalue weighted by atomic mass is 16.5. The Kier molecular flexibility index (Phi) is 6.71. The standard InChI is InChI=1S/C12H21NO2/c1-6-7-15-11(8-9(2)3)12(14)13-10(4)5/h6,10-11H,1-2,7-8H2,3-5H3,(H,13,14). The van der Waals surface area contributed by atoms with Crippen LogP contribution < -0.4 is 5.32 Å². The van der Waals surface area contributed by atoms with Gasteiger partial charge in [0, 0.05) is 12.5 Å². The van der Waals surface area contributed by atoms with Crippen molar-refractivity contribution in [2.24, 2.45) is 0 Å². The molecule has 0 bridgehead atoms. The molecule has 0 aliphatic carbocycles.